The molecular weight excluding hydrogens is 346 g/mol. The molecule has 0 saturated heterocycles. The molecular formula is C16H16BrN3O2. The maximum atomic E-state index is 12.4. The molecule has 1 N–H and O–H groups in total. The van der Waals surface area contributed by atoms with Crippen molar-refractivity contribution >= 4 is 27.5 Å². The van der Waals surface area contributed by atoms with Crippen LogP contribution in [0.25, 0.3) is 0 Å². The maximum absolute atomic E-state index is 12.4. The molecule has 1 fully saturated rings. The second-order valence-electron chi connectivity index (χ2n) is 5.46. The molecule has 0 spiro atoms. The number of anilines is 1. The van der Waals surface area contributed by atoms with Gasteiger partial charge in [0, 0.05) is 16.5 Å². The smallest absolute Gasteiger partial charge is 0.267 e. The predicted molar refractivity (Wildman–Crippen MR) is 88.0 cm³/mol. The van der Waals surface area contributed by atoms with Crippen LogP contribution in [0.3, 0.4) is 0 Å². The molecule has 0 radical (unpaired) electrons. The maximum Gasteiger partial charge on any atom is 0.267 e. The Labute approximate surface area is 136 Å². The van der Waals surface area contributed by atoms with Gasteiger partial charge in [-0.05, 0) is 53.9 Å². The number of aromatic nitrogens is 2. The Morgan fingerprint density at radius 1 is 1.32 bits per heavy atom. The molecule has 3 rings (SSSR count). The summed E-state index contributed by atoms with van der Waals surface area (Å²) >= 11 is 3.38. The summed E-state index contributed by atoms with van der Waals surface area (Å²) in [6.07, 6.45) is 2.20. The molecule has 5 nitrogen and oxygen atoms in total. The summed E-state index contributed by atoms with van der Waals surface area (Å²) in [5.41, 5.74) is 1.30. The number of hydrogen-bond acceptors (Lipinski definition) is 3. The van der Waals surface area contributed by atoms with Gasteiger partial charge in [-0.1, -0.05) is 12.1 Å². The van der Waals surface area contributed by atoms with Crippen molar-refractivity contribution < 1.29 is 4.79 Å². The SMILES string of the molecule is C[C@H](C(=O)Nc1ccccc1Br)n1nc(C2CC2)ccc1=O. The van der Waals surface area contributed by atoms with Gasteiger partial charge in [0.1, 0.15) is 6.04 Å². The molecule has 1 saturated carbocycles. The Bertz CT molecular complexity index is 768. The van der Waals surface area contributed by atoms with E-state index < -0.39 is 6.04 Å². The number of nitrogens with one attached hydrogen (secondary N) is 1. The van der Waals surface area contributed by atoms with Crippen molar-refractivity contribution in [3.63, 3.8) is 0 Å². The summed E-state index contributed by atoms with van der Waals surface area (Å²) in [6, 6.07) is 9.93. The summed E-state index contributed by atoms with van der Waals surface area (Å²) in [5.74, 6) is 0.167. The van der Waals surface area contributed by atoms with E-state index in [4.69, 9.17) is 0 Å². The normalized spacial score (nSPS) is 15.4. The Morgan fingerprint density at radius 2 is 2.05 bits per heavy atom. The average Bonchev–Trinajstić information content (AvgIpc) is 3.34. The van der Waals surface area contributed by atoms with E-state index in [2.05, 4.69) is 26.3 Å². The molecule has 0 unspecified atom stereocenters. The fraction of sp³-hybridized carbons (Fsp3) is 0.312. The molecule has 1 aromatic heterocycles. The highest BCUT2D eigenvalue weighted by Gasteiger charge is 2.27. The average molecular weight is 362 g/mol. The zero-order chi connectivity index (χ0) is 15.7. The van der Waals surface area contributed by atoms with Gasteiger partial charge in [0.2, 0.25) is 5.91 Å². The highest BCUT2D eigenvalue weighted by molar-refractivity contribution is 9.10. The van der Waals surface area contributed by atoms with E-state index in [1.165, 1.54) is 10.7 Å². The van der Waals surface area contributed by atoms with Gasteiger partial charge < -0.3 is 5.32 Å². The molecule has 1 aromatic carbocycles. The van der Waals surface area contributed by atoms with Gasteiger partial charge in [0.25, 0.3) is 5.56 Å². The minimum Gasteiger partial charge on any atom is -0.323 e. The molecule has 1 amide bonds. The minimum atomic E-state index is -0.668. The predicted octanol–water partition coefficient (Wildman–Crippen LogP) is 3.08. The summed E-state index contributed by atoms with van der Waals surface area (Å²) in [5, 5.41) is 7.17. The van der Waals surface area contributed by atoms with Gasteiger partial charge in [-0.2, -0.15) is 5.10 Å². The zero-order valence-corrected chi connectivity index (χ0v) is 13.7. The highest BCUT2D eigenvalue weighted by Crippen LogP contribution is 2.38. The molecule has 1 aliphatic rings. The first-order valence-electron chi connectivity index (χ1n) is 7.21. The fourth-order valence-corrected chi connectivity index (χ4v) is 2.61. The van der Waals surface area contributed by atoms with Crippen molar-refractivity contribution in [2.24, 2.45) is 0 Å². The molecule has 1 aliphatic carbocycles. The van der Waals surface area contributed by atoms with Crippen molar-refractivity contribution in [3.8, 4) is 0 Å². The molecule has 0 bridgehead atoms. The van der Waals surface area contributed by atoms with Gasteiger partial charge in [-0.15, -0.1) is 0 Å². The summed E-state index contributed by atoms with van der Waals surface area (Å²) in [4.78, 5) is 24.4. The quantitative estimate of drug-likeness (QED) is 0.909. The first-order chi connectivity index (χ1) is 10.6. The molecule has 0 aliphatic heterocycles. The molecule has 1 atom stereocenters. The van der Waals surface area contributed by atoms with Crippen LogP contribution >= 0.6 is 15.9 Å². The van der Waals surface area contributed by atoms with Crippen molar-refractivity contribution in [1.29, 1.82) is 0 Å². The van der Waals surface area contributed by atoms with Crippen LogP contribution in [-0.2, 0) is 4.79 Å². The van der Waals surface area contributed by atoms with Crippen LogP contribution in [0, 0.1) is 0 Å². The van der Waals surface area contributed by atoms with Gasteiger partial charge in [-0.25, -0.2) is 4.68 Å². The lowest BCUT2D eigenvalue weighted by molar-refractivity contribution is -0.119. The van der Waals surface area contributed by atoms with Crippen LogP contribution in [0.15, 0.2) is 45.7 Å². The standard InChI is InChI=1S/C16H16BrN3O2/c1-10(16(22)18-14-5-3-2-4-12(14)17)20-15(21)9-8-13(19-20)11-6-7-11/h2-5,8-11H,6-7H2,1H3,(H,18,22)/t10-/m1/s1. The largest absolute Gasteiger partial charge is 0.323 e. The number of amides is 1. The van der Waals surface area contributed by atoms with Crippen LogP contribution < -0.4 is 10.9 Å². The Hall–Kier alpha value is -1.95. The molecule has 6 heteroatoms. The minimum absolute atomic E-state index is 0.265. The van der Waals surface area contributed by atoms with Gasteiger partial charge in [0.05, 0.1) is 11.4 Å². The van der Waals surface area contributed by atoms with Gasteiger partial charge in [0.15, 0.2) is 0 Å². The van der Waals surface area contributed by atoms with Crippen molar-refractivity contribution in [2.75, 3.05) is 5.32 Å². The molecule has 1 heterocycles. The van der Waals surface area contributed by atoms with E-state index in [0.29, 0.717) is 11.6 Å². The van der Waals surface area contributed by atoms with Gasteiger partial charge >= 0.3 is 0 Å². The third-order valence-corrected chi connectivity index (χ3v) is 4.41. The van der Waals surface area contributed by atoms with E-state index in [-0.39, 0.29) is 11.5 Å². The number of benzene rings is 1. The number of carbonyl (C=O) groups is 1. The van der Waals surface area contributed by atoms with Crippen LogP contribution in [-0.4, -0.2) is 15.7 Å². The summed E-state index contributed by atoms with van der Waals surface area (Å²) in [7, 11) is 0. The molecule has 22 heavy (non-hydrogen) atoms. The lowest BCUT2D eigenvalue weighted by Gasteiger charge is -2.15. The number of rotatable bonds is 4. The zero-order valence-electron chi connectivity index (χ0n) is 12.1. The van der Waals surface area contributed by atoms with Crippen LogP contribution in [0.2, 0.25) is 0 Å². The second-order valence-corrected chi connectivity index (χ2v) is 6.31. The first kappa shape index (κ1) is 15.0. The van der Waals surface area contributed by atoms with Crippen molar-refractivity contribution in [2.45, 2.75) is 31.7 Å². The Kier molecular flexibility index (Phi) is 4.11. The van der Waals surface area contributed by atoms with Crippen molar-refractivity contribution in [3.05, 3.63) is 56.9 Å². The highest BCUT2D eigenvalue weighted by atomic mass is 79.9. The number of nitrogens with zero attached hydrogens (tertiary/aromatic N) is 2. The third-order valence-electron chi connectivity index (χ3n) is 3.72. The number of hydrogen-bond donors (Lipinski definition) is 1. The van der Waals surface area contributed by atoms with Crippen LogP contribution in [0.4, 0.5) is 5.69 Å². The van der Waals surface area contributed by atoms with Crippen molar-refractivity contribution in [1.82, 2.24) is 9.78 Å². The summed E-state index contributed by atoms with van der Waals surface area (Å²) < 4.78 is 2.06. The van der Waals surface area contributed by atoms with Crippen LogP contribution in [0.5, 0.6) is 0 Å². The molecule has 2 aromatic rings. The molecule has 114 valence electrons. The topological polar surface area (TPSA) is 64.0 Å². The van der Waals surface area contributed by atoms with E-state index in [0.717, 1.165) is 23.0 Å². The lowest BCUT2D eigenvalue weighted by Crippen LogP contribution is -2.33. The van der Waals surface area contributed by atoms with E-state index >= 15 is 0 Å². The monoisotopic (exact) mass is 361 g/mol. The Balaban J connectivity index is 1.82. The number of para-hydroxylation sites is 1. The van der Waals surface area contributed by atoms with Crippen LogP contribution in [0.1, 0.15) is 37.4 Å². The fourth-order valence-electron chi connectivity index (χ4n) is 2.23. The lowest BCUT2D eigenvalue weighted by atomic mass is 10.2. The number of carbonyl (C=O) groups excluding carboxylic acids is 1. The third kappa shape index (κ3) is 3.11. The van der Waals surface area contributed by atoms with E-state index in [1.807, 2.05) is 18.2 Å². The second kappa shape index (κ2) is 6.04. The van der Waals surface area contributed by atoms with Gasteiger partial charge in [-0.3, -0.25) is 9.59 Å². The van der Waals surface area contributed by atoms with E-state index in [9.17, 15) is 9.59 Å². The first-order valence-corrected chi connectivity index (χ1v) is 8.00. The number of halogens is 1. The summed E-state index contributed by atoms with van der Waals surface area (Å²) in [6.45, 7) is 1.68. The Morgan fingerprint density at radius 3 is 2.73 bits per heavy atom. The van der Waals surface area contributed by atoms with E-state index in [1.54, 1.807) is 19.1 Å².